The number of hydrogen-bond acceptors (Lipinski definition) is 9. The lowest BCUT2D eigenvalue weighted by Gasteiger charge is -2.25. The summed E-state index contributed by atoms with van der Waals surface area (Å²) in [7, 11) is -9.63. The molecule has 0 atom stereocenters. The number of anilines is 3. The standard InChI is InChI=1S/C23H21N3O8S2/c1-10-12(9-24)7-16(35(29,30)31)11(2)21(10)26-15-8-17(36(32,33)34)20(25)19-18(15)22(27)13-5-3-4-6-14(13)23(19)28/h3-8,26H,9,24-25H2,1-2H3,(H,29,30,31)(H,32,33,34). The minimum atomic E-state index is -4.95. The van der Waals surface area contributed by atoms with Crippen LogP contribution in [0.3, 0.4) is 0 Å². The highest BCUT2D eigenvalue weighted by molar-refractivity contribution is 7.86. The van der Waals surface area contributed by atoms with Gasteiger partial charge in [0.1, 0.15) is 4.90 Å². The smallest absolute Gasteiger partial charge is 0.296 e. The highest BCUT2D eigenvalue weighted by atomic mass is 32.2. The lowest BCUT2D eigenvalue weighted by molar-refractivity contribution is 0.0980. The van der Waals surface area contributed by atoms with Crippen molar-refractivity contribution in [1.29, 1.82) is 0 Å². The van der Waals surface area contributed by atoms with Gasteiger partial charge < -0.3 is 16.8 Å². The van der Waals surface area contributed by atoms with Crippen molar-refractivity contribution >= 4 is 48.9 Å². The average Bonchev–Trinajstić information content (AvgIpc) is 2.79. The number of ketones is 2. The van der Waals surface area contributed by atoms with Crippen LogP contribution in [0.25, 0.3) is 0 Å². The van der Waals surface area contributed by atoms with Gasteiger partial charge in [-0.05, 0) is 42.7 Å². The molecule has 0 heterocycles. The normalized spacial score (nSPS) is 13.4. The Labute approximate surface area is 206 Å². The van der Waals surface area contributed by atoms with Crippen LogP contribution in [-0.2, 0) is 26.8 Å². The summed E-state index contributed by atoms with van der Waals surface area (Å²) in [4.78, 5) is 25.5. The molecule has 0 fully saturated rings. The molecular weight excluding hydrogens is 510 g/mol. The van der Waals surface area contributed by atoms with E-state index in [1.54, 1.807) is 13.0 Å². The predicted molar refractivity (Wildman–Crippen MR) is 131 cm³/mol. The molecule has 1 aliphatic carbocycles. The molecular formula is C23H21N3O8S2. The van der Waals surface area contributed by atoms with E-state index in [2.05, 4.69) is 5.32 Å². The van der Waals surface area contributed by atoms with Gasteiger partial charge in [-0.25, -0.2) is 0 Å². The van der Waals surface area contributed by atoms with Crippen molar-refractivity contribution in [1.82, 2.24) is 0 Å². The first-order valence-corrected chi connectivity index (χ1v) is 13.3. The first-order chi connectivity index (χ1) is 16.7. The number of benzene rings is 3. The van der Waals surface area contributed by atoms with Gasteiger partial charge in [0.25, 0.3) is 20.2 Å². The van der Waals surface area contributed by atoms with Gasteiger partial charge in [-0.1, -0.05) is 24.3 Å². The lowest BCUT2D eigenvalue weighted by atomic mass is 9.82. The molecule has 7 N–H and O–H groups in total. The van der Waals surface area contributed by atoms with E-state index in [1.165, 1.54) is 31.2 Å². The van der Waals surface area contributed by atoms with Gasteiger partial charge in [0, 0.05) is 23.4 Å². The summed E-state index contributed by atoms with van der Waals surface area (Å²) in [5.41, 5.74) is 11.2. The van der Waals surface area contributed by atoms with Crippen molar-refractivity contribution in [3.63, 3.8) is 0 Å². The number of hydrogen-bond donors (Lipinski definition) is 5. The largest absolute Gasteiger partial charge is 0.397 e. The Balaban J connectivity index is 2.09. The molecule has 0 spiro atoms. The Morgan fingerprint density at radius 1 is 0.833 bits per heavy atom. The molecule has 0 aromatic heterocycles. The Morgan fingerprint density at radius 3 is 1.86 bits per heavy atom. The number of carbonyl (C=O) groups is 2. The van der Waals surface area contributed by atoms with E-state index in [0.717, 1.165) is 6.07 Å². The Kier molecular flexibility index (Phi) is 6.01. The molecule has 0 saturated heterocycles. The third kappa shape index (κ3) is 3.96. The summed E-state index contributed by atoms with van der Waals surface area (Å²) in [5, 5.41) is 2.84. The van der Waals surface area contributed by atoms with Crippen molar-refractivity contribution < 1.29 is 35.5 Å². The molecule has 0 saturated carbocycles. The minimum Gasteiger partial charge on any atom is -0.397 e. The molecule has 0 bridgehead atoms. The van der Waals surface area contributed by atoms with Crippen LogP contribution in [0.15, 0.2) is 46.2 Å². The van der Waals surface area contributed by atoms with Gasteiger partial charge in [-0.3, -0.25) is 18.7 Å². The second-order valence-corrected chi connectivity index (χ2v) is 11.0. The van der Waals surface area contributed by atoms with Crippen LogP contribution in [-0.4, -0.2) is 37.5 Å². The number of nitrogens with two attached hydrogens (primary N) is 2. The zero-order valence-corrected chi connectivity index (χ0v) is 20.6. The molecule has 4 rings (SSSR count). The maximum atomic E-state index is 13.5. The highest BCUT2D eigenvalue weighted by Gasteiger charge is 2.36. The fourth-order valence-corrected chi connectivity index (χ4v) is 5.77. The maximum Gasteiger partial charge on any atom is 0.296 e. The van der Waals surface area contributed by atoms with Gasteiger partial charge in [0.15, 0.2) is 11.6 Å². The second-order valence-electron chi connectivity index (χ2n) is 8.23. The SMILES string of the molecule is Cc1c(CN)cc(S(=O)(=O)O)c(C)c1Nc1cc(S(=O)(=O)O)c(N)c2c1C(=O)c1ccccc1C2=O. The second kappa shape index (κ2) is 8.50. The molecule has 0 radical (unpaired) electrons. The third-order valence-corrected chi connectivity index (χ3v) is 8.02. The van der Waals surface area contributed by atoms with Crippen LogP contribution < -0.4 is 16.8 Å². The molecule has 1 aliphatic rings. The zero-order chi connectivity index (χ0) is 26.7. The van der Waals surface area contributed by atoms with E-state index in [4.69, 9.17) is 11.5 Å². The van der Waals surface area contributed by atoms with Crippen LogP contribution in [0, 0.1) is 13.8 Å². The number of rotatable bonds is 5. The third-order valence-electron chi connectivity index (χ3n) is 6.14. The van der Waals surface area contributed by atoms with E-state index in [0.29, 0.717) is 11.1 Å². The van der Waals surface area contributed by atoms with Crippen LogP contribution in [0.2, 0.25) is 0 Å². The lowest BCUT2D eigenvalue weighted by Crippen LogP contribution is -2.25. The number of nitrogens with one attached hydrogen (secondary N) is 1. The van der Waals surface area contributed by atoms with E-state index in [-0.39, 0.29) is 40.2 Å². The monoisotopic (exact) mass is 531 g/mol. The highest BCUT2D eigenvalue weighted by Crippen LogP contribution is 2.41. The summed E-state index contributed by atoms with van der Waals surface area (Å²) in [6.45, 7) is 2.87. The van der Waals surface area contributed by atoms with Crippen LogP contribution in [0.4, 0.5) is 17.1 Å². The quantitative estimate of drug-likeness (QED) is 0.186. The zero-order valence-electron chi connectivity index (χ0n) is 19.0. The predicted octanol–water partition coefficient (Wildman–Crippen LogP) is 2.36. The van der Waals surface area contributed by atoms with Gasteiger partial charge in [0.2, 0.25) is 0 Å². The summed E-state index contributed by atoms with van der Waals surface area (Å²) in [6.07, 6.45) is 0. The maximum absolute atomic E-state index is 13.5. The topological polar surface area (TPSA) is 207 Å². The first kappa shape index (κ1) is 25.5. The fourth-order valence-electron chi connectivity index (χ4n) is 4.35. The van der Waals surface area contributed by atoms with E-state index < -0.39 is 52.8 Å². The Morgan fingerprint density at radius 2 is 1.36 bits per heavy atom. The summed E-state index contributed by atoms with van der Waals surface area (Å²) in [6, 6.07) is 8.00. The average molecular weight is 532 g/mol. The summed E-state index contributed by atoms with van der Waals surface area (Å²) in [5.74, 6) is -1.37. The van der Waals surface area contributed by atoms with Gasteiger partial charge in [-0.2, -0.15) is 16.8 Å². The van der Waals surface area contributed by atoms with Crippen molar-refractivity contribution in [2.45, 2.75) is 30.2 Å². The van der Waals surface area contributed by atoms with Crippen molar-refractivity contribution in [2.24, 2.45) is 5.73 Å². The van der Waals surface area contributed by atoms with E-state index in [9.17, 15) is 35.5 Å². The van der Waals surface area contributed by atoms with Gasteiger partial charge in [0.05, 0.1) is 27.4 Å². The number of nitrogen functional groups attached to an aromatic ring is 1. The van der Waals surface area contributed by atoms with Crippen LogP contribution >= 0.6 is 0 Å². The van der Waals surface area contributed by atoms with Crippen molar-refractivity contribution in [2.75, 3.05) is 11.1 Å². The van der Waals surface area contributed by atoms with E-state index in [1.807, 2.05) is 0 Å². The summed E-state index contributed by atoms with van der Waals surface area (Å²) < 4.78 is 67.7. The van der Waals surface area contributed by atoms with E-state index >= 15 is 0 Å². The van der Waals surface area contributed by atoms with Crippen LogP contribution in [0.5, 0.6) is 0 Å². The molecule has 3 aromatic rings. The summed E-state index contributed by atoms with van der Waals surface area (Å²) >= 11 is 0. The minimum absolute atomic E-state index is 0.00582. The molecule has 36 heavy (non-hydrogen) atoms. The number of carbonyl (C=O) groups excluding carboxylic acids is 2. The molecule has 0 amide bonds. The Bertz CT molecular complexity index is 1710. The molecule has 0 unspecified atom stereocenters. The van der Waals surface area contributed by atoms with Gasteiger partial charge >= 0.3 is 0 Å². The Hall–Kier alpha value is -3.62. The van der Waals surface area contributed by atoms with Crippen LogP contribution in [0.1, 0.15) is 48.5 Å². The van der Waals surface area contributed by atoms with Crippen molar-refractivity contribution in [3.05, 3.63) is 75.3 Å². The first-order valence-electron chi connectivity index (χ1n) is 10.4. The fraction of sp³-hybridized carbons (Fsp3) is 0.130. The molecule has 0 aliphatic heterocycles. The van der Waals surface area contributed by atoms with Gasteiger partial charge in [-0.15, -0.1) is 0 Å². The molecule has 13 heteroatoms. The molecule has 11 nitrogen and oxygen atoms in total. The number of fused-ring (bicyclic) bond motifs is 2. The molecule has 188 valence electrons. The van der Waals surface area contributed by atoms with Crippen molar-refractivity contribution in [3.8, 4) is 0 Å². The molecule has 3 aromatic carbocycles.